The van der Waals surface area contributed by atoms with Gasteiger partial charge in [-0.2, -0.15) is 6.42 Å². The van der Waals surface area contributed by atoms with Crippen LogP contribution in [0.15, 0.2) is 23.1 Å². The Balaban J connectivity index is 0.00000112. The van der Waals surface area contributed by atoms with Crippen LogP contribution in [0.5, 0.6) is 0 Å². The third-order valence-corrected chi connectivity index (χ3v) is 2.50. The molecule has 0 amide bonds. The van der Waals surface area contributed by atoms with E-state index < -0.39 is 0 Å². The van der Waals surface area contributed by atoms with Gasteiger partial charge >= 0.3 is 0 Å². The molecule has 1 saturated heterocycles. The summed E-state index contributed by atoms with van der Waals surface area (Å²) in [5.74, 6) is 0. The second-order valence-corrected chi connectivity index (χ2v) is 3.58. The average Bonchev–Trinajstić information content (AvgIpc) is 2.23. The SMILES string of the molecule is Cn1cc(C2C[CH-]CCO2)ccc1=O.[Zn]. The van der Waals surface area contributed by atoms with Gasteiger partial charge < -0.3 is 15.7 Å². The van der Waals surface area contributed by atoms with E-state index in [9.17, 15) is 4.79 Å². The summed E-state index contributed by atoms with van der Waals surface area (Å²) in [6, 6.07) is 3.44. The number of hydrogen-bond donors (Lipinski definition) is 0. The van der Waals surface area contributed by atoms with Crippen LogP contribution in [0, 0.1) is 6.42 Å². The number of rotatable bonds is 1. The molecular formula is C11H14NO2Zn-. The maximum atomic E-state index is 11.2. The largest absolute Gasteiger partial charge is 0.379 e. The fourth-order valence-corrected chi connectivity index (χ4v) is 1.67. The Morgan fingerprint density at radius 3 is 2.93 bits per heavy atom. The van der Waals surface area contributed by atoms with Crippen LogP contribution >= 0.6 is 0 Å². The number of nitrogens with zero attached hydrogens (tertiary/aromatic N) is 1. The maximum absolute atomic E-state index is 11.2. The second kappa shape index (κ2) is 5.57. The van der Waals surface area contributed by atoms with Crippen LogP contribution in [0.2, 0.25) is 0 Å². The van der Waals surface area contributed by atoms with Crippen LogP contribution in [0.1, 0.15) is 24.5 Å². The molecule has 0 spiro atoms. The molecule has 1 unspecified atom stereocenters. The molecule has 15 heavy (non-hydrogen) atoms. The predicted octanol–water partition coefficient (Wildman–Crippen LogP) is 1.44. The molecule has 1 aliphatic heterocycles. The van der Waals surface area contributed by atoms with Crippen LogP contribution in [0.4, 0.5) is 0 Å². The minimum atomic E-state index is 0. The number of aromatic nitrogens is 1. The Labute approximate surface area is 102 Å². The molecule has 0 aromatic carbocycles. The quantitative estimate of drug-likeness (QED) is 0.563. The second-order valence-electron chi connectivity index (χ2n) is 3.58. The number of aryl methyl sites for hydroxylation is 1. The Morgan fingerprint density at radius 2 is 2.33 bits per heavy atom. The molecule has 78 valence electrons. The zero-order chi connectivity index (χ0) is 9.97. The summed E-state index contributed by atoms with van der Waals surface area (Å²) in [7, 11) is 1.76. The molecule has 4 heteroatoms. The first-order chi connectivity index (χ1) is 6.77. The molecule has 0 aliphatic carbocycles. The van der Waals surface area contributed by atoms with E-state index in [0.29, 0.717) is 0 Å². The summed E-state index contributed by atoms with van der Waals surface area (Å²) in [5.41, 5.74) is 1.11. The number of pyridine rings is 1. The van der Waals surface area contributed by atoms with Crippen molar-refractivity contribution in [3.8, 4) is 0 Å². The topological polar surface area (TPSA) is 31.2 Å². The number of ether oxygens (including phenoxy) is 1. The van der Waals surface area contributed by atoms with Crippen molar-refractivity contribution in [3.63, 3.8) is 0 Å². The van der Waals surface area contributed by atoms with Crippen molar-refractivity contribution in [3.05, 3.63) is 40.7 Å². The van der Waals surface area contributed by atoms with Crippen molar-refractivity contribution in [1.29, 1.82) is 0 Å². The van der Waals surface area contributed by atoms with Gasteiger partial charge in [0.05, 0.1) is 6.10 Å². The van der Waals surface area contributed by atoms with Crippen molar-refractivity contribution < 1.29 is 24.2 Å². The van der Waals surface area contributed by atoms with E-state index >= 15 is 0 Å². The van der Waals surface area contributed by atoms with E-state index in [1.807, 2.05) is 12.3 Å². The molecule has 1 fully saturated rings. The van der Waals surface area contributed by atoms with Gasteiger partial charge in [-0.15, -0.1) is 6.42 Å². The van der Waals surface area contributed by atoms with Gasteiger partial charge in [0, 0.05) is 45.4 Å². The molecule has 2 heterocycles. The van der Waals surface area contributed by atoms with Crippen LogP contribution < -0.4 is 5.56 Å². The van der Waals surface area contributed by atoms with Crippen molar-refractivity contribution in [2.45, 2.75) is 18.9 Å². The van der Waals surface area contributed by atoms with Gasteiger partial charge in [0.1, 0.15) is 0 Å². The average molecular weight is 258 g/mol. The van der Waals surface area contributed by atoms with Crippen molar-refractivity contribution in [2.75, 3.05) is 6.61 Å². The zero-order valence-corrected chi connectivity index (χ0v) is 11.9. The van der Waals surface area contributed by atoms with Crippen LogP contribution in [0.25, 0.3) is 0 Å². The molecule has 0 radical (unpaired) electrons. The van der Waals surface area contributed by atoms with E-state index in [0.717, 1.165) is 25.0 Å². The summed E-state index contributed by atoms with van der Waals surface area (Å²) in [5, 5.41) is 0. The first-order valence-electron chi connectivity index (χ1n) is 4.87. The molecule has 1 aliphatic rings. The van der Waals surface area contributed by atoms with Crippen LogP contribution in [0.3, 0.4) is 0 Å². The normalized spacial score (nSPS) is 20.7. The maximum Gasteiger partial charge on any atom is 0.250 e. The van der Waals surface area contributed by atoms with E-state index in [-0.39, 0.29) is 31.1 Å². The third kappa shape index (κ3) is 2.99. The fourth-order valence-electron chi connectivity index (χ4n) is 1.67. The van der Waals surface area contributed by atoms with Gasteiger partial charge in [-0.1, -0.05) is 0 Å². The first kappa shape index (κ1) is 12.6. The van der Waals surface area contributed by atoms with Gasteiger partial charge in [-0.05, 0) is 11.6 Å². The first-order valence-corrected chi connectivity index (χ1v) is 4.87. The van der Waals surface area contributed by atoms with Crippen LogP contribution in [-0.4, -0.2) is 11.2 Å². The Morgan fingerprint density at radius 1 is 1.53 bits per heavy atom. The molecule has 1 aromatic rings. The monoisotopic (exact) mass is 256 g/mol. The summed E-state index contributed by atoms with van der Waals surface area (Å²) in [4.78, 5) is 11.2. The van der Waals surface area contributed by atoms with Gasteiger partial charge in [-0.3, -0.25) is 4.79 Å². The summed E-state index contributed by atoms with van der Waals surface area (Å²) < 4.78 is 7.20. The molecular weight excluding hydrogens is 244 g/mol. The third-order valence-electron chi connectivity index (χ3n) is 2.50. The van der Waals surface area contributed by atoms with Gasteiger partial charge in [0.25, 0.3) is 0 Å². The van der Waals surface area contributed by atoms with Gasteiger partial charge in [0.15, 0.2) is 0 Å². The summed E-state index contributed by atoms with van der Waals surface area (Å²) in [6.07, 6.45) is 6.20. The van der Waals surface area contributed by atoms with Crippen molar-refractivity contribution >= 4 is 0 Å². The Kier molecular flexibility index (Phi) is 4.68. The number of hydrogen-bond acceptors (Lipinski definition) is 2. The van der Waals surface area contributed by atoms with Gasteiger partial charge in [-0.25, -0.2) is 0 Å². The minimum Gasteiger partial charge on any atom is -0.379 e. The van der Waals surface area contributed by atoms with Crippen LogP contribution in [-0.2, 0) is 31.3 Å². The van der Waals surface area contributed by atoms with E-state index in [1.54, 1.807) is 17.7 Å². The fraction of sp³-hybridized carbons (Fsp3) is 0.455. The minimum absolute atomic E-state index is 0. The molecule has 3 nitrogen and oxygen atoms in total. The Hall–Kier alpha value is -0.467. The van der Waals surface area contributed by atoms with Crippen molar-refractivity contribution in [2.24, 2.45) is 7.05 Å². The smallest absolute Gasteiger partial charge is 0.250 e. The summed E-state index contributed by atoms with van der Waals surface area (Å²) in [6.45, 7) is 0.785. The molecule has 1 atom stereocenters. The van der Waals surface area contributed by atoms with E-state index in [1.165, 1.54) is 0 Å². The molecule has 1 aromatic heterocycles. The standard InChI is InChI=1S/C11H14NO2.Zn/c1-12-8-9(5-6-11(12)13)10-4-2-3-7-14-10;/h2,5-6,8,10H,3-4,7H2,1H3;/q-1;. The molecule has 0 bridgehead atoms. The zero-order valence-electron chi connectivity index (χ0n) is 8.98. The molecule has 0 N–H and O–H groups in total. The van der Waals surface area contributed by atoms with Gasteiger partial charge in [0.2, 0.25) is 5.56 Å². The molecule has 0 saturated carbocycles. The Bertz CT molecular complexity index is 369. The summed E-state index contributed by atoms with van der Waals surface area (Å²) >= 11 is 0. The van der Waals surface area contributed by atoms with E-state index in [2.05, 4.69) is 6.42 Å². The predicted molar refractivity (Wildman–Crippen MR) is 53.9 cm³/mol. The molecule has 2 rings (SSSR count). The van der Waals surface area contributed by atoms with E-state index in [4.69, 9.17) is 4.74 Å². The van der Waals surface area contributed by atoms with Crippen molar-refractivity contribution in [1.82, 2.24) is 4.57 Å².